The van der Waals surface area contributed by atoms with E-state index in [1.165, 1.54) is 0 Å². The second-order valence-corrected chi connectivity index (χ2v) is 10.2. The zero-order chi connectivity index (χ0) is 24.3. The van der Waals surface area contributed by atoms with Crippen LogP contribution in [0.4, 0.5) is 0 Å². The number of hydrogen-bond donors (Lipinski definition) is 3. The molecule has 20 heteroatoms. The van der Waals surface area contributed by atoms with Crippen molar-refractivity contribution in [3.63, 3.8) is 0 Å². The van der Waals surface area contributed by atoms with Crippen molar-refractivity contribution in [1.29, 1.82) is 0 Å². The highest BCUT2D eigenvalue weighted by Gasteiger charge is 2.37. The van der Waals surface area contributed by atoms with Crippen LogP contribution in [0.25, 0.3) is 0 Å². The molecule has 0 amide bonds. The van der Waals surface area contributed by atoms with Crippen LogP contribution in [0.15, 0.2) is 15.8 Å². The van der Waals surface area contributed by atoms with Gasteiger partial charge in [0.25, 0.3) is 21.2 Å². The van der Waals surface area contributed by atoms with Gasteiger partial charge in [0.05, 0.1) is 27.1 Å². The average molecular weight is 517 g/mol. The zero-order valence-corrected chi connectivity index (χ0v) is 18.2. The maximum Gasteiger partial charge on any atom is 0.330 e. The number of phosphoric ester groups is 1. The van der Waals surface area contributed by atoms with Crippen LogP contribution in [-0.4, -0.2) is 40.0 Å². The molecule has 1 aromatic heterocycles. The molecule has 17 nitrogen and oxygen atoms in total. The molecule has 0 bridgehead atoms. The summed E-state index contributed by atoms with van der Waals surface area (Å²) < 4.78 is 49.8. The summed E-state index contributed by atoms with van der Waals surface area (Å²) in [4.78, 5) is 69.0. The molecular weight excluding hydrogens is 503 g/mol. The van der Waals surface area contributed by atoms with E-state index in [9.17, 15) is 48.0 Å². The van der Waals surface area contributed by atoms with Gasteiger partial charge in [-0.1, -0.05) is 11.8 Å². The Kier molecular flexibility index (Phi) is 8.54. The number of nitrogens with zero attached hydrogens (tertiary/aromatic N) is 1. The second-order valence-electron chi connectivity index (χ2n) is 5.95. The summed E-state index contributed by atoms with van der Waals surface area (Å²) in [7, 11) is -18.1. The van der Waals surface area contributed by atoms with Crippen LogP contribution >= 0.6 is 23.5 Å². The molecule has 2 rings (SSSR count). The number of phosphoric acid groups is 3. The van der Waals surface area contributed by atoms with Gasteiger partial charge in [-0.3, -0.25) is 27.8 Å². The van der Waals surface area contributed by atoms with E-state index >= 15 is 0 Å². The maximum atomic E-state index is 12.0. The highest BCUT2D eigenvalue weighted by atomic mass is 31.3. The van der Waals surface area contributed by atoms with E-state index in [4.69, 9.17) is 10.5 Å². The molecule has 0 spiro atoms. The summed E-state index contributed by atoms with van der Waals surface area (Å²) in [5.74, 6) is 4.83. The van der Waals surface area contributed by atoms with Crippen molar-refractivity contribution in [3.05, 3.63) is 32.6 Å². The summed E-state index contributed by atoms with van der Waals surface area (Å²) in [6.07, 6.45) is -3.35. The lowest BCUT2D eigenvalue weighted by Gasteiger charge is -2.37. The highest BCUT2D eigenvalue weighted by Crippen LogP contribution is 2.60. The Hall–Kier alpha value is -1.47. The van der Waals surface area contributed by atoms with Gasteiger partial charge in [0, 0.05) is 12.6 Å². The van der Waals surface area contributed by atoms with Crippen molar-refractivity contribution in [2.75, 3.05) is 13.2 Å². The molecule has 0 radical (unpaired) electrons. The Morgan fingerprint density at radius 3 is 2.47 bits per heavy atom. The van der Waals surface area contributed by atoms with E-state index in [1.54, 1.807) is 0 Å². The third kappa shape index (κ3) is 7.84. The number of aromatic amines is 1. The summed E-state index contributed by atoms with van der Waals surface area (Å²) in [5.41, 5.74) is 3.33. The standard InChI is InChI=1S/C12H18N3O14P3/c13-3-1-2-7-5-15(12(18)14-11(7)17)10-4-8(16)9(27-10)6-26-31(22,23)29-32(24,25)28-30(19,20)21/h5,8-10,16H,3-4,6,13H2,(H,22,23)(H,24,25)(H,14,17,18)(H2,19,20,21)/p-4. The molecule has 2 heterocycles. The molecule has 0 aromatic carbocycles. The molecule has 180 valence electrons. The molecule has 32 heavy (non-hydrogen) atoms. The van der Waals surface area contributed by atoms with Gasteiger partial charge in [-0.25, -0.2) is 9.11 Å². The van der Waals surface area contributed by atoms with Gasteiger partial charge in [0.2, 0.25) is 0 Å². The molecule has 5 atom stereocenters. The minimum Gasteiger partial charge on any atom is -0.790 e. The third-order valence-electron chi connectivity index (χ3n) is 3.60. The van der Waals surface area contributed by atoms with Crippen LogP contribution in [0.3, 0.4) is 0 Å². The molecule has 1 fully saturated rings. The molecule has 1 aliphatic rings. The lowest BCUT2D eigenvalue weighted by Crippen LogP contribution is -2.34. The minimum atomic E-state index is -6.14. The molecule has 0 aliphatic carbocycles. The first kappa shape index (κ1) is 26.8. The van der Waals surface area contributed by atoms with Crippen LogP contribution in [-0.2, 0) is 31.6 Å². The predicted octanol–water partition coefficient (Wildman–Crippen LogP) is -4.69. The largest absolute Gasteiger partial charge is 0.790 e. The first-order valence-corrected chi connectivity index (χ1v) is 12.6. The molecule has 4 N–H and O–H groups in total. The van der Waals surface area contributed by atoms with Crippen LogP contribution in [0.2, 0.25) is 0 Å². The second kappa shape index (κ2) is 10.2. The number of aromatic nitrogens is 2. The number of nitrogens with two attached hydrogens (primary N) is 1. The van der Waals surface area contributed by atoms with Gasteiger partial charge in [0.1, 0.15) is 17.9 Å². The topological polar surface area (TPSA) is 281 Å². The molecular formula is C12H14N3O14P3-4. The van der Waals surface area contributed by atoms with Crippen molar-refractivity contribution >= 4 is 23.5 Å². The number of aliphatic hydroxyl groups is 1. The fourth-order valence-corrected chi connectivity index (χ4v) is 5.28. The van der Waals surface area contributed by atoms with E-state index in [0.717, 1.165) is 10.8 Å². The lowest BCUT2D eigenvalue weighted by atomic mass is 10.2. The van der Waals surface area contributed by atoms with E-state index < -0.39 is 59.8 Å². The van der Waals surface area contributed by atoms with E-state index in [-0.39, 0.29) is 18.5 Å². The highest BCUT2D eigenvalue weighted by molar-refractivity contribution is 7.64. The third-order valence-corrected chi connectivity index (χ3v) is 7.27. The van der Waals surface area contributed by atoms with Crippen LogP contribution in [0.1, 0.15) is 18.2 Å². The Bertz CT molecular complexity index is 1160. The minimum absolute atomic E-state index is 0.0730. The number of rotatable bonds is 8. The number of aliphatic hydroxyl groups excluding tert-OH is 1. The van der Waals surface area contributed by atoms with Gasteiger partial charge in [0.15, 0.2) is 0 Å². The van der Waals surface area contributed by atoms with E-state index in [1.807, 2.05) is 4.98 Å². The van der Waals surface area contributed by atoms with Crippen molar-refractivity contribution in [1.82, 2.24) is 9.55 Å². The van der Waals surface area contributed by atoms with Crippen LogP contribution < -0.4 is 36.6 Å². The van der Waals surface area contributed by atoms with Crippen LogP contribution in [0, 0.1) is 11.8 Å². The number of ether oxygens (including phenoxy) is 1. The van der Waals surface area contributed by atoms with Gasteiger partial charge in [-0.2, -0.15) is 0 Å². The fourth-order valence-electron chi connectivity index (χ4n) is 2.42. The van der Waals surface area contributed by atoms with Crippen molar-refractivity contribution in [2.45, 2.75) is 24.9 Å². The van der Waals surface area contributed by atoms with Gasteiger partial charge < -0.3 is 44.2 Å². The lowest BCUT2D eigenvalue weighted by molar-refractivity contribution is -0.339. The quantitative estimate of drug-likeness (QED) is 0.216. The molecule has 1 saturated heterocycles. The maximum absolute atomic E-state index is 12.0. The summed E-state index contributed by atoms with van der Waals surface area (Å²) in [6.45, 7) is -1.11. The van der Waals surface area contributed by atoms with Crippen LogP contribution in [0.5, 0.6) is 0 Å². The predicted molar refractivity (Wildman–Crippen MR) is 92.7 cm³/mol. The number of H-pyrrole nitrogens is 1. The smallest absolute Gasteiger partial charge is 0.330 e. The summed E-state index contributed by atoms with van der Waals surface area (Å²) in [6, 6.07) is 0. The first-order chi connectivity index (χ1) is 14.6. The van der Waals surface area contributed by atoms with Crippen molar-refractivity contribution < 1.29 is 56.3 Å². The number of hydrogen-bond acceptors (Lipinski definition) is 15. The molecule has 1 aliphatic heterocycles. The first-order valence-electron chi connectivity index (χ1n) is 8.22. The fraction of sp³-hybridized carbons (Fsp3) is 0.500. The SMILES string of the molecule is NCC#Cc1cn(C2CC(O)C(COP(=O)([O-])OP(=O)([O-])OP(=O)([O-])[O-])O2)c(=O)[nH]c1=O. The van der Waals surface area contributed by atoms with Gasteiger partial charge in [-0.05, 0) is 0 Å². The Balaban J connectivity index is 2.09. The van der Waals surface area contributed by atoms with E-state index in [0.29, 0.717) is 0 Å². The molecule has 0 saturated carbocycles. The summed E-state index contributed by atoms with van der Waals surface area (Å²) in [5, 5.41) is 10.0. The zero-order valence-electron chi connectivity index (χ0n) is 15.6. The normalized spacial score (nSPS) is 24.9. The summed E-state index contributed by atoms with van der Waals surface area (Å²) >= 11 is 0. The molecule has 1 aromatic rings. The van der Waals surface area contributed by atoms with Crippen molar-refractivity contribution in [2.24, 2.45) is 5.73 Å². The van der Waals surface area contributed by atoms with Gasteiger partial charge >= 0.3 is 5.69 Å². The Morgan fingerprint density at radius 1 is 1.22 bits per heavy atom. The van der Waals surface area contributed by atoms with Gasteiger partial charge in [-0.15, -0.1) is 0 Å². The Morgan fingerprint density at radius 2 is 1.88 bits per heavy atom. The average Bonchev–Trinajstić information content (AvgIpc) is 2.97. The molecule has 5 unspecified atom stereocenters. The number of nitrogens with one attached hydrogen (secondary N) is 1. The van der Waals surface area contributed by atoms with E-state index in [2.05, 4.69) is 25.0 Å². The Labute approximate surface area is 178 Å². The van der Waals surface area contributed by atoms with Crippen molar-refractivity contribution in [3.8, 4) is 11.8 Å². The monoisotopic (exact) mass is 517 g/mol.